The van der Waals surface area contributed by atoms with E-state index in [0.717, 1.165) is 17.4 Å². The summed E-state index contributed by atoms with van der Waals surface area (Å²) in [7, 11) is 0. The summed E-state index contributed by atoms with van der Waals surface area (Å²) < 4.78 is 6.49. The largest absolute Gasteiger partial charge is 0.491 e. The Balaban J connectivity index is 1.99. The summed E-state index contributed by atoms with van der Waals surface area (Å²) >= 11 is 3.42. The van der Waals surface area contributed by atoms with Gasteiger partial charge in [0.2, 0.25) is 0 Å². The Morgan fingerprint density at radius 3 is 2.95 bits per heavy atom. The molecule has 1 aliphatic rings. The number of hydrogen-bond donors (Lipinski definition) is 2. The van der Waals surface area contributed by atoms with Gasteiger partial charge in [0.05, 0.1) is 6.10 Å². The molecule has 1 saturated heterocycles. The van der Waals surface area contributed by atoms with Crippen molar-refractivity contribution in [1.82, 2.24) is 10.6 Å². The monoisotopic (exact) mass is 340 g/mol. The summed E-state index contributed by atoms with van der Waals surface area (Å²) in [5.41, 5.74) is 0.619. The third kappa shape index (κ3) is 4.49. The molecular formula is C15H21BrN2O2. The van der Waals surface area contributed by atoms with Gasteiger partial charge in [-0.1, -0.05) is 15.9 Å². The molecular weight excluding hydrogens is 320 g/mol. The minimum Gasteiger partial charge on any atom is -0.491 e. The van der Waals surface area contributed by atoms with Gasteiger partial charge in [-0.15, -0.1) is 0 Å². The topological polar surface area (TPSA) is 50.4 Å². The van der Waals surface area contributed by atoms with Gasteiger partial charge in [0.15, 0.2) is 0 Å². The number of carbonyl (C=O) groups excluding carboxylic acids is 1. The highest BCUT2D eigenvalue weighted by atomic mass is 79.9. The van der Waals surface area contributed by atoms with Crippen LogP contribution in [0.4, 0.5) is 0 Å². The Morgan fingerprint density at radius 1 is 1.50 bits per heavy atom. The molecule has 0 aliphatic carbocycles. The standard InChI is InChI=1S/C15H21BrN2O2/c1-10(2)20-14-7-11(6-12(16)8-14)15(19)18-9-13-4-3-5-17-13/h6-8,10,13,17H,3-5,9H2,1-2H3,(H,18,19). The van der Waals surface area contributed by atoms with Crippen LogP contribution in [0.5, 0.6) is 5.75 Å². The number of ether oxygens (including phenoxy) is 1. The fourth-order valence-corrected chi connectivity index (χ4v) is 2.76. The summed E-state index contributed by atoms with van der Waals surface area (Å²) in [5, 5.41) is 6.33. The third-order valence-electron chi connectivity index (χ3n) is 3.18. The van der Waals surface area contributed by atoms with Crippen LogP contribution >= 0.6 is 15.9 Å². The van der Waals surface area contributed by atoms with Crippen LogP contribution in [0.2, 0.25) is 0 Å². The second kappa shape index (κ2) is 7.09. The van der Waals surface area contributed by atoms with Crippen molar-refractivity contribution in [1.29, 1.82) is 0 Å². The van der Waals surface area contributed by atoms with Crippen molar-refractivity contribution >= 4 is 21.8 Å². The van der Waals surface area contributed by atoms with E-state index in [9.17, 15) is 4.79 Å². The highest BCUT2D eigenvalue weighted by molar-refractivity contribution is 9.10. The van der Waals surface area contributed by atoms with E-state index < -0.39 is 0 Å². The van der Waals surface area contributed by atoms with Crippen LogP contribution in [0.1, 0.15) is 37.0 Å². The van der Waals surface area contributed by atoms with Crippen LogP contribution in [-0.2, 0) is 0 Å². The van der Waals surface area contributed by atoms with Crippen molar-refractivity contribution in [3.8, 4) is 5.75 Å². The molecule has 1 fully saturated rings. The lowest BCUT2D eigenvalue weighted by molar-refractivity contribution is 0.0949. The van der Waals surface area contributed by atoms with E-state index in [1.165, 1.54) is 6.42 Å². The molecule has 1 aliphatic heterocycles. The first-order valence-corrected chi connectivity index (χ1v) is 7.82. The number of carbonyl (C=O) groups is 1. The van der Waals surface area contributed by atoms with Crippen LogP contribution in [0.15, 0.2) is 22.7 Å². The number of nitrogens with one attached hydrogen (secondary N) is 2. The predicted molar refractivity (Wildman–Crippen MR) is 83.3 cm³/mol. The number of hydrogen-bond acceptors (Lipinski definition) is 3. The summed E-state index contributed by atoms with van der Waals surface area (Å²) in [4.78, 5) is 12.2. The first-order valence-electron chi connectivity index (χ1n) is 7.03. The average Bonchev–Trinajstić information content (AvgIpc) is 2.87. The number of benzene rings is 1. The van der Waals surface area contributed by atoms with Crippen molar-refractivity contribution in [2.75, 3.05) is 13.1 Å². The lowest BCUT2D eigenvalue weighted by Crippen LogP contribution is -2.37. The number of rotatable bonds is 5. The van der Waals surface area contributed by atoms with E-state index in [1.54, 1.807) is 6.07 Å². The molecule has 0 saturated carbocycles. The van der Waals surface area contributed by atoms with Crippen LogP contribution < -0.4 is 15.4 Å². The van der Waals surface area contributed by atoms with Gasteiger partial charge in [0.25, 0.3) is 5.91 Å². The number of halogens is 1. The predicted octanol–water partition coefficient (Wildman–Crippen LogP) is 2.72. The van der Waals surface area contributed by atoms with Gasteiger partial charge in [-0.2, -0.15) is 0 Å². The molecule has 1 unspecified atom stereocenters. The fraction of sp³-hybridized carbons (Fsp3) is 0.533. The molecule has 0 spiro atoms. The van der Waals surface area contributed by atoms with Crippen LogP contribution in [-0.4, -0.2) is 31.1 Å². The molecule has 2 rings (SSSR count). The zero-order valence-electron chi connectivity index (χ0n) is 11.9. The molecule has 20 heavy (non-hydrogen) atoms. The van der Waals surface area contributed by atoms with Crippen molar-refractivity contribution in [2.45, 2.75) is 38.8 Å². The highest BCUT2D eigenvalue weighted by Crippen LogP contribution is 2.22. The molecule has 1 aromatic carbocycles. The van der Waals surface area contributed by atoms with Crippen LogP contribution in [0.3, 0.4) is 0 Å². The Labute approximate surface area is 128 Å². The zero-order valence-corrected chi connectivity index (χ0v) is 13.5. The molecule has 110 valence electrons. The van der Waals surface area contributed by atoms with Gasteiger partial charge in [-0.3, -0.25) is 4.79 Å². The fourth-order valence-electron chi connectivity index (χ4n) is 2.28. The van der Waals surface area contributed by atoms with Crippen LogP contribution in [0.25, 0.3) is 0 Å². The SMILES string of the molecule is CC(C)Oc1cc(Br)cc(C(=O)NCC2CCCN2)c1. The van der Waals surface area contributed by atoms with Crippen LogP contribution in [0, 0.1) is 0 Å². The third-order valence-corrected chi connectivity index (χ3v) is 3.63. The van der Waals surface area contributed by atoms with Gasteiger partial charge in [-0.25, -0.2) is 0 Å². The molecule has 1 aromatic rings. The lowest BCUT2D eigenvalue weighted by Gasteiger charge is -2.14. The van der Waals surface area contributed by atoms with Gasteiger partial charge in [-0.05, 0) is 51.4 Å². The van der Waals surface area contributed by atoms with E-state index in [4.69, 9.17) is 4.74 Å². The molecule has 0 bridgehead atoms. The zero-order chi connectivity index (χ0) is 14.5. The molecule has 0 radical (unpaired) electrons. The molecule has 5 heteroatoms. The first kappa shape index (κ1) is 15.3. The van der Waals surface area contributed by atoms with E-state index in [1.807, 2.05) is 26.0 Å². The lowest BCUT2D eigenvalue weighted by atomic mass is 10.2. The number of amides is 1. The quantitative estimate of drug-likeness (QED) is 0.866. The van der Waals surface area contributed by atoms with Gasteiger partial charge < -0.3 is 15.4 Å². The average molecular weight is 341 g/mol. The normalized spacial score (nSPS) is 18.3. The minimum atomic E-state index is -0.0615. The molecule has 1 heterocycles. The molecule has 0 aromatic heterocycles. The van der Waals surface area contributed by atoms with Crippen molar-refractivity contribution in [2.24, 2.45) is 0 Å². The van der Waals surface area contributed by atoms with Gasteiger partial charge in [0, 0.05) is 22.6 Å². The van der Waals surface area contributed by atoms with Crippen molar-refractivity contribution in [3.63, 3.8) is 0 Å². The minimum absolute atomic E-state index is 0.0615. The van der Waals surface area contributed by atoms with E-state index in [0.29, 0.717) is 23.9 Å². The maximum Gasteiger partial charge on any atom is 0.251 e. The smallest absolute Gasteiger partial charge is 0.251 e. The summed E-state index contributed by atoms with van der Waals surface area (Å²) in [6, 6.07) is 5.86. The van der Waals surface area contributed by atoms with E-state index in [-0.39, 0.29) is 12.0 Å². The second-order valence-electron chi connectivity index (χ2n) is 5.35. The van der Waals surface area contributed by atoms with E-state index in [2.05, 4.69) is 26.6 Å². The van der Waals surface area contributed by atoms with Gasteiger partial charge in [0.1, 0.15) is 5.75 Å². The molecule has 2 N–H and O–H groups in total. The summed E-state index contributed by atoms with van der Waals surface area (Å²) in [5.74, 6) is 0.645. The maximum atomic E-state index is 12.2. The van der Waals surface area contributed by atoms with Crippen molar-refractivity contribution in [3.05, 3.63) is 28.2 Å². The van der Waals surface area contributed by atoms with Gasteiger partial charge >= 0.3 is 0 Å². The maximum absolute atomic E-state index is 12.2. The second-order valence-corrected chi connectivity index (χ2v) is 6.26. The van der Waals surface area contributed by atoms with Crippen molar-refractivity contribution < 1.29 is 9.53 Å². The Hall–Kier alpha value is -1.07. The Morgan fingerprint density at radius 2 is 2.30 bits per heavy atom. The Kier molecular flexibility index (Phi) is 5.43. The summed E-state index contributed by atoms with van der Waals surface area (Å²) in [6.07, 6.45) is 2.40. The Bertz CT molecular complexity index is 471. The summed E-state index contributed by atoms with van der Waals surface area (Å²) in [6.45, 7) is 5.65. The molecule has 1 amide bonds. The molecule has 1 atom stereocenters. The highest BCUT2D eigenvalue weighted by Gasteiger charge is 2.16. The molecule has 4 nitrogen and oxygen atoms in total. The first-order chi connectivity index (χ1) is 9.54. The van der Waals surface area contributed by atoms with E-state index >= 15 is 0 Å².